The van der Waals surface area contributed by atoms with Gasteiger partial charge in [-0.25, -0.2) is 19.9 Å². The lowest BCUT2D eigenvalue weighted by molar-refractivity contribution is 0.970. The van der Waals surface area contributed by atoms with Gasteiger partial charge in [0.25, 0.3) is 0 Å². The monoisotopic (exact) mass is 732 g/mol. The van der Waals surface area contributed by atoms with Gasteiger partial charge in [-0.15, -0.1) is 0 Å². The molecule has 0 fully saturated rings. The van der Waals surface area contributed by atoms with Crippen molar-refractivity contribution in [2.45, 2.75) is 0 Å². The Labute approximate surface area is 331 Å². The minimum Gasteiger partial charge on any atom is -0.304 e. The number of fused-ring (bicyclic) bond motifs is 5. The first-order chi connectivity index (χ1) is 28.2. The van der Waals surface area contributed by atoms with E-state index in [4.69, 9.17) is 19.9 Å². The van der Waals surface area contributed by atoms with Gasteiger partial charge in [-0.05, 0) is 23.8 Å². The average Bonchev–Trinajstić information content (AvgIpc) is 3.66. The number of benzene rings is 6. The molecule has 0 aliphatic carbocycles. The number of hydrogen-bond donors (Lipinski definition) is 0. The quantitative estimate of drug-likeness (QED) is 0.170. The number of hydrogen-bond acceptors (Lipinski definition) is 5. The van der Waals surface area contributed by atoms with Gasteiger partial charge >= 0.3 is 0 Å². The van der Waals surface area contributed by atoms with Gasteiger partial charge in [0.15, 0.2) is 0 Å². The molecule has 0 saturated carbocycles. The fourth-order valence-electron chi connectivity index (χ4n) is 7.68. The van der Waals surface area contributed by atoms with Crippen LogP contribution in [0.1, 0.15) is 5.56 Å². The Morgan fingerprint density at radius 1 is 0.456 bits per heavy atom. The van der Waals surface area contributed by atoms with Gasteiger partial charge in [0.05, 0.1) is 39.5 Å². The molecule has 0 radical (unpaired) electrons. The number of rotatable bonds is 6. The average molecular weight is 733 g/mol. The zero-order valence-electron chi connectivity index (χ0n) is 31.1. The molecule has 9 aromatic rings. The molecule has 0 atom stereocenters. The molecule has 0 saturated heterocycles. The van der Waals surface area contributed by atoms with Crippen LogP contribution in [0.5, 0.6) is 0 Å². The van der Waals surface area contributed by atoms with Gasteiger partial charge in [0.2, 0.25) is 11.9 Å². The predicted molar refractivity (Wildman–Crippen MR) is 234 cm³/mol. The van der Waals surface area contributed by atoms with Crippen LogP contribution in [-0.2, 0) is 0 Å². The van der Waals surface area contributed by atoms with E-state index in [1.807, 2.05) is 78.9 Å². The summed E-state index contributed by atoms with van der Waals surface area (Å²) in [6.45, 7) is 5.10. The SMILES string of the molecule is C=C1/C=C\C=C/CN(c2nc(-c3ccccc3)cc(-c3ccccc3)n2)c2c1ccc1c3ccccc3n(-c3nc(-c4ccccc4)cc(-c4ccccc4)n3)c21. The molecule has 6 nitrogen and oxygen atoms in total. The van der Waals surface area contributed by atoms with Gasteiger partial charge < -0.3 is 4.90 Å². The van der Waals surface area contributed by atoms with Crippen molar-refractivity contribution < 1.29 is 0 Å². The molecular formula is C51H36N6. The van der Waals surface area contributed by atoms with E-state index in [2.05, 4.69) is 131 Å². The molecule has 1 aliphatic heterocycles. The molecule has 1 aliphatic rings. The minimum atomic E-state index is 0.498. The van der Waals surface area contributed by atoms with Crippen LogP contribution >= 0.6 is 0 Å². The number of allylic oxidation sites excluding steroid dienone is 4. The van der Waals surface area contributed by atoms with Crippen molar-refractivity contribution in [3.8, 4) is 51.0 Å². The Hall–Kier alpha value is -7.70. The standard InChI is InChI=1S/C51H36N6/c1-35-19-7-6-18-32-56(50-52-43(36-20-8-2-9-21-36)33-44(53-50)37-22-10-3-11-23-37)48-40(35)30-31-42-41-28-16-17-29-47(41)57(49(42)48)51-54-45(38-24-12-4-13-25-38)34-46(55-51)39-26-14-5-15-27-39/h2-31,33-34H,1,32H2/b18-6-,19-7-. The number of para-hydroxylation sites is 1. The highest BCUT2D eigenvalue weighted by atomic mass is 15.3. The van der Waals surface area contributed by atoms with E-state index in [-0.39, 0.29) is 0 Å². The van der Waals surface area contributed by atoms with Crippen molar-refractivity contribution in [3.63, 3.8) is 0 Å². The molecule has 0 bridgehead atoms. The van der Waals surface area contributed by atoms with Crippen LogP contribution in [0.4, 0.5) is 11.6 Å². The highest BCUT2D eigenvalue weighted by molar-refractivity contribution is 6.15. The summed E-state index contributed by atoms with van der Waals surface area (Å²) in [5.41, 5.74) is 12.1. The van der Waals surface area contributed by atoms with Crippen molar-refractivity contribution in [2.24, 2.45) is 0 Å². The number of anilines is 2. The summed E-state index contributed by atoms with van der Waals surface area (Å²) in [4.78, 5) is 23.6. The van der Waals surface area contributed by atoms with Crippen molar-refractivity contribution in [1.29, 1.82) is 0 Å². The van der Waals surface area contributed by atoms with Gasteiger partial charge in [0.1, 0.15) is 0 Å². The highest BCUT2D eigenvalue weighted by Gasteiger charge is 2.27. The Morgan fingerprint density at radius 3 is 1.46 bits per heavy atom. The van der Waals surface area contributed by atoms with E-state index in [0.717, 1.165) is 83.7 Å². The van der Waals surface area contributed by atoms with Crippen LogP contribution in [0.2, 0.25) is 0 Å². The largest absolute Gasteiger partial charge is 0.304 e. The van der Waals surface area contributed by atoms with Crippen molar-refractivity contribution >= 4 is 39.0 Å². The summed E-state index contributed by atoms with van der Waals surface area (Å²) < 4.78 is 2.22. The van der Waals surface area contributed by atoms with Crippen molar-refractivity contribution in [1.82, 2.24) is 24.5 Å². The molecule has 57 heavy (non-hydrogen) atoms. The Balaban J connectivity index is 1.31. The second-order valence-corrected chi connectivity index (χ2v) is 14.0. The molecule has 6 heteroatoms. The topological polar surface area (TPSA) is 59.7 Å². The van der Waals surface area contributed by atoms with Gasteiger partial charge in [-0.2, -0.15) is 0 Å². The molecule has 0 N–H and O–H groups in total. The molecule has 0 spiro atoms. The Kier molecular flexibility index (Phi) is 8.61. The highest BCUT2D eigenvalue weighted by Crippen LogP contribution is 2.44. The first-order valence-corrected chi connectivity index (χ1v) is 19.1. The third-order valence-electron chi connectivity index (χ3n) is 10.4. The van der Waals surface area contributed by atoms with Crippen LogP contribution in [0.15, 0.2) is 201 Å². The molecule has 270 valence electrons. The predicted octanol–water partition coefficient (Wildman–Crippen LogP) is 12.3. The summed E-state index contributed by atoms with van der Waals surface area (Å²) >= 11 is 0. The molecule has 0 amide bonds. The fourth-order valence-corrected chi connectivity index (χ4v) is 7.68. The maximum Gasteiger partial charge on any atom is 0.235 e. The van der Waals surface area contributed by atoms with Crippen LogP contribution in [0.25, 0.3) is 78.4 Å². The van der Waals surface area contributed by atoms with E-state index in [0.29, 0.717) is 18.4 Å². The second-order valence-electron chi connectivity index (χ2n) is 14.0. The number of aromatic nitrogens is 5. The van der Waals surface area contributed by atoms with Crippen LogP contribution in [-0.4, -0.2) is 31.0 Å². The lowest BCUT2D eigenvalue weighted by atomic mass is 10.0. The zero-order valence-corrected chi connectivity index (χ0v) is 31.1. The Morgan fingerprint density at radius 2 is 0.930 bits per heavy atom. The third kappa shape index (κ3) is 6.29. The minimum absolute atomic E-state index is 0.498. The van der Waals surface area contributed by atoms with E-state index >= 15 is 0 Å². The maximum absolute atomic E-state index is 5.36. The van der Waals surface area contributed by atoms with E-state index < -0.39 is 0 Å². The molecular weight excluding hydrogens is 697 g/mol. The van der Waals surface area contributed by atoms with Crippen LogP contribution in [0, 0.1) is 0 Å². The summed E-state index contributed by atoms with van der Waals surface area (Å²) in [7, 11) is 0. The van der Waals surface area contributed by atoms with Gasteiger partial charge in [-0.1, -0.05) is 183 Å². The lowest BCUT2D eigenvalue weighted by Gasteiger charge is -2.27. The normalized spacial score (nSPS) is 13.8. The molecule has 0 unspecified atom stereocenters. The first-order valence-electron chi connectivity index (χ1n) is 19.1. The van der Waals surface area contributed by atoms with E-state index in [9.17, 15) is 0 Å². The fraction of sp³-hybridized carbons (Fsp3) is 0.0196. The summed E-state index contributed by atoms with van der Waals surface area (Å²) in [5.74, 6) is 1.14. The smallest absolute Gasteiger partial charge is 0.235 e. The first kappa shape index (κ1) is 33.8. The summed E-state index contributed by atoms with van der Waals surface area (Å²) in [6, 6.07) is 58.2. The van der Waals surface area contributed by atoms with Gasteiger partial charge in [0, 0.05) is 45.1 Å². The van der Waals surface area contributed by atoms with Gasteiger partial charge in [-0.3, -0.25) is 4.57 Å². The number of nitrogens with zero attached hydrogens (tertiary/aromatic N) is 6. The zero-order chi connectivity index (χ0) is 38.1. The third-order valence-corrected chi connectivity index (χ3v) is 10.4. The summed E-state index contributed by atoms with van der Waals surface area (Å²) in [5, 5.41) is 2.15. The molecule has 3 aromatic heterocycles. The van der Waals surface area contributed by atoms with Crippen molar-refractivity contribution in [3.05, 3.63) is 206 Å². The van der Waals surface area contributed by atoms with E-state index in [1.165, 1.54) is 0 Å². The maximum atomic E-state index is 5.36. The van der Waals surface area contributed by atoms with Crippen LogP contribution < -0.4 is 4.90 Å². The Bertz CT molecular complexity index is 2870. The molecule has 4 heterocycles. The van der Waals surface area contributed by atoms with Crippen molar-refractivity contribution in [2.75, 3.05) is 11.4 Å². The molecule has 10 rings (SSSR count). The second kappa shape index (κ2) is 14.5. The summed E-state index contributed by atoms with van der Waals surface area (Å²) in [6.07, 6.45) is 8.32. The lowest BCUT2D eigenvalue weighted by Crippen LogP contribution is -2.22. The molecule has 6 aromatic carbocycles. The van der Waals surface area contributed by atoms with Crippen LogP contribution in [0.3, 0.4) is 0 Å². The van der Waals surface area contributed by atoms with E-state index in [1.54, 1.807) is 0 Å².